The van der Waals surface area contributed by atoms with Crippen LogP contribution < -0.4 is 0 Å². The van der Waals surface area contributed by atoms with Crippen LogP contribution in [0.3, 0.4) is 0 Å². The molecule has 1 N–H and O–H groups in total. The number of hydrogen-bond acceptors (Lipinski definition) is 5. The zero-order valence-electron chi connectivity index (χ0n) is 20.0. The summed E-state index contributed by atoms with van der Waals surface area (Å²) in [5, 5.41) is 9.29. The molecular formula is C25H48O5. The first kappa shape index (κ1) is 28.9. The van der Waals surface area contributed by atoms with Crippen LogP contribution in [0.25, 0.3) is 0 Å². The van der Waals surface area contributed by atoms with E-state index in [1.807, 2.05) is 0 Å². The molecule has 0 aliphatic rings. The first-order chi connectivity index (χ1) is 14.6. The van der Waals surface area contributed by atoms with E-state index in [1.54, 1.807) is 0 Å². The van der Waals surface area contributed by atoms with Crippen LogP contribution >= 0.6 is 0 Å². The van der Waals surface area contributed by atoms with E-state index in [2.05, 4.69) is 20.8 Å². The van der Waals surface area contributed by atoms with Gasteiger partial charge in [0.1, 0.15) is 0 Å². The fraction of sp³-hybridized carbons (Fsp3) is 0.920. The highest BCUT2D eigenvalue weighted by Crippen LogP contribution is 2.14. The maximum absolute atomic E-state index is 11.8. The predicted octanol–water partition coefficient (Wildman–Crippen LogP) is 6.21. The zero-order chi connectivity index (χ0) is 22.5. The molecule has 30 heavy (non-hydrogen) atoms. The van der Waals surface area contributed by atoms with Gasteiger partial charge in [-0.05, 0) is 31.6 Å². The molecule has 0 radical (unpaired) electrons. The average molecular weight is 429 g/mol. The van der Waals surface area contributed by atoms with Crippen molar-refractivity contribution >= 4 is 11.9 Å². The molecule has 0 aliphatic carbocycles. The third kappa shape index (κ3) is 17.7. The molecule has 0 fully saturated rings. The summed E-state index contributed by atoms with van der Waals surface area (Å²) in [5.74, 6) is 0.362. The molecule has 0 aromatic rings. The SMILES string of the molecule is CCCCC(CC)COC(=O)CCCCCCCCC(=O)OCC(CO)CCCC. The Kier molecular flexibility index (Phi) is 20.4. The Morgan fingerprint density at radius 2 is 1.10 bits per heavy atom. The van der Waals surface area contributed by atoms with Crippen molar-refractivity contribution in [2.75, 3.05) is 19.8 Å². The molecule has 2 atom stereocenters. The molecule has 5 nitrogen and oxygen atoms in total. The molecule has 0 heterocycles. The molecule has 0 aliphatic heterocycles. The van der Waals surface area contributed by atoms with Crippen molar-refractivity contribution < 1.29 is 24.2 Å². The van der Waals surface area contributed by atoms with Gasteiger partial charge in [0.25, 0.3) is 0 Å². The quantitative estimate of drug-likeness (QED) is 0.174. The van der Waals surface area contributed by atoms with Crippen molar-refractivity contribution in [3.63, 3.8) is 0 Å². The lowest BCUT2D eigenvalue weighted by Gasteiger charge is -2.14. The van der Waals surface area contributed by atoms with E-state index >= 15 is 0 Å². The third-order valence-corrected chi connectivity index (χ3v) is 5.74. The molecule has 0 aromatic heterocycles. The molecule has 0 aromatic carbocycles. The predicted molar refractivity (Wildman–Crippen MR) is 122 cm³/mol. The number of aliphatic hydroxyl groups excluding tert-OH is 1. The largest absolute Gasteiger partial charge is 0.465 e. The van der Waals surface area contributed by atoms with Gasteiger partial charge in [-0.2, -0.15) is 0 Å². The molecule has 0 amide bonds. The van der Waals surface area contributed by atoms with Gasteiger partial charge in [0.2, 0.25) is 0 Å². The fourth-order valence-electron chi connectivity index (χ4n) is 3.43. The molecule has 0 spiro atoms. The van der Waals surface area contributed by atoms with Crippen molar-refractivity contribution in [1.82, 2.24) is 0 Å². The summed E-state index contributed by atoms with van der Waals surface area (Å²) in [6.07, 6.45) is 14.6. The summed E-state index contributed by atoms with van der Waals surface area (Å²) in [6.45, 7) is 7.45. The normalized spacial score (nSPS) is 13.1. The van der Waals surface area contributed by atoms with Gasteiger partial charge in [-0.1, -0.05) is 78.6 Å². The average Bonchev–Trinajstić information content (AvgIpc) is 2.75. The number of hydrogen-bond donors (Lipinski definition) is 1. The number of carbonyl (C=O) groups is 2. The standard InChI is InChI=1S/C25H48O5/c1-4-7-15-22(6-3)20-29-24(27)17-13-11-9-10-12-14-18-25(28)30-21-23(19-26)16-8-5-2/h22-23,26H,4-21H2,1-3H3. The van der Waals surface area contributed by atoms with Crippen LogP contribution in [0.1, 0.15) is 117 Å². The Balaban J connectivity index is 3.56. The van der Waals surface area contributed by atoms with Crippen molar-refractivity contribution in [2.24, 2.45) is 11.8 Å². The van der Waals surface area contributed by atoms with Gasteiger partial charge in [-0.25, -0.2) is 0 Å². The van der Waals surface area contributed by atoms with Crippen LogP contribution in [0.5, 0.6) is 0 Å². The van der Waals surface area contributed by atoms with Crippen LogP contribution in [0.4, 0.5) is 0 Å². The van der Waals surface area contributed by atoms with Crippen molar-refractivity contribution in [3.8, 4) is 0 Å². The minimum Gasteiger partial charge on any atom is -0.465 e. The first-order valence-corrected chi connectivity index (χ1v) is 12.5. The Hall–Kier alpha value is -1.10. The Morgan fingerprint density at radius 1 is 0.667 bits per heavy atom. The van der Waals surface area contributed by atoms with Gasteiger partial charge in [0.15, 0.2) is 0 Å². The van der Waals surface area contributed by atoms with Gasteiger partial charge >= 0.3 is 11.9 Å². The van der Waals surface area contributed by atoms with Crippen molar-refractivity contribution in [3.05, 3.63) is 0 Å². The van der Waals surface area contributed by atoms with Crippen molar-refractivity contribution in [1.29, 1.82) is 0 Å². The lowest BCUT2D eigenvalue weighted by molar-refractivity contribution is -0.146. The summed E-state index contributed by atoms with van der Waals surface area (Å²) in [6, 6.07) is 0. The van der Waals surface area contributed by atoms with Gasteiger partial charge in [0.05, 0.1) is 13.2 Å². The van der Waals surface area contributed by atoms with E-state index < -0.39 is 0 Å². The maximum Gasteiger partial charge on any atom is 0.305 e. The number of unbranched alkanes of at least 4 members (excludes halogenated alkanes) is 7. The van der Waals surface area contributed by atoms with Gasteiger partial charge in [-0.15, -0.1) is 0 Å². The van der Waals surface area contributed by atoms with Crippen LogP contribution in [0.15, 0.2) is 0 Å². The fourth-order valence-corrected chi connectivity index (χ4v) is 3.43. The highest BCUT2D eigenvalue weighted by molar-refractivity contribution is 5.69. The summed E-state index contributed by atoms with van der Waals surface area (Å²) in [7, 11) is 0. The highest BCUT2D eigenvalue weighted by Gasteiger charge is 2.11. The second kappa shape index (κ2) is 21.1. The van der Waals surface area contributed by atoms with Gasteiger partial charge in [-0.3, -0.25) is 9.59 Å². The smallest absolute Gasteiger partial charge is 0.305 e. The summed E-state index contributed by atoms with van der Waals surface area (Å²) in [4.78, 5) is 23.6. The van der Waals surface area contributed by atoms with Crippen LogP contribution in [0, 0.1) is 11.8 Å². The Labute approximate surface area is 185 Å². The van der Waals surface area contributed by atoms with Gasteiger partial charge < -0.3 is 14.6 Å². The molecule has 0 bridgehead atoms. The molecule has 0 rings (SSSR count). The second-order valence-electron chi connectivity index (χ2n) is 8.59. The summed E-state index contributed by atoms with van der Waals surface area (Å²) >= 11 is 0. The molecule has 5 heteroatoms. The molecular weight excluding hydrogens is 380 g/mol. The van der Waals surface area contributed by atoms with Crippen LogP contribution in [-0.2, 0) is 19.1 Å². The summed E-state index contributed by atoms with van der Waals surface area (Å²) in [5.41, 5.74) is 0. The van der Waals surface area contributed by atoms with Crippen molar-refractivity contribution in [2.45, 2.75) is 117 Å². The van der Waals surface area contributed by atoms with E-state index in [0.717, 1.165) is 70.6 Å². The second-order valence-corrected chi connectivity index (χ2v) is 8.59. The number of esters is 2. The molecule has 178 valence electrons. The van der Waals surface area contributed by atoms with E-state index in [0.29, 0.717) is 32.0 Å². The zero-order valence-corrected chi connectivity index (χ0v) is 20.0. The third-order valence-electron chi connectivity index (χ3n) is 5.74. The van der Waals surface area contributed by atoms with Crippen LogP contribution in [0.2, 0.25) is 0 Å². The van der Waals surface area contributed by atoms with Gasteiger partial charge in [0, 0.05) is 25.4 Å². The van der Waals surface area contributed by atoms with E-state index in [4.69, 9.17) is 9.47 Å². The maximum atomic E-state index is 11.8. The Bertz CT molecular complexity index is 372. The first-order valence-electron chi connectivity index (χ1n) is 12.5. The number of carbonyl (C=O) groups excluding carboxylic acids is 2. The molecule has 0 saturated carbocycles. The summed E-state index contributed by atoms with van der Waals surface area (Å²) < 4.78 is 10.7. The topological polar surface area (TPSA) is 72.8 Å². The lowest BCUT2D eigenvalue weighted by Crippen LogP contribution is -2.17. The van der Waals surface area contributed by atoms with Crippen LogP contribution in [-0.4, -0.2) is 36.9 Å². The number of ether oxygens (including phenoxy) is 2. The van der Waals surface area contributed by atoms with E-state index in [-0.39, 0.29) is 24.5 Å². The minimum atomic E-state index is -0.156. The lowest BCUT2D eigenvalue weighted by atomic mass is 10.0. The molecule has 2 unspecified atom stereocenters. The number of rotatable bonds is 21. The molecule has 0 saturated heterocycles. The Morgan fingerprint density at radius 3 is 1.53 bits per heavy atom. The van der Waals surface area contributed by atoms with E-state index in [9.17, 15) is 14.7 Å². The minimum absolute atomic E-state index is 0.0622. The van der Waals surface area contributed by atoms with E-state index in [1.165, 1.54) is 12.8 Å². The monoisotopic (exact) mass is 428 g/mol. The number of aliphatic hydroxyl groups is 1. The highest BCUT2D eigenvalue weighted by atomic mass is 16.5.